The third kappa shape index (κ3) is 3.94. The highest BCUT2D eigenvalue weighted by molar-refractivity contribution is 5.87. The number of carboxylic acids is 2. The molecule has 4 nitrogen and oxygen atoms in total. The van der Waals surface area contributed by atoms with Crippen molar-refractivity contribution in [3.05, 3.63) is 0 Å². The van der Waals surface area contributed by atoms with Crippen LogP contribution in [-0.2, 0) is 9.59 Å². The zero-order chi connectivity index (χ0) is 19.0. The normalized spacial score (nSPS) is 17.1. The highest BCUT2D eigenvalue weighted by atomic mass is 16.4. The topological polar surface area (TPSA) is 74.6 Å². The summed E-state index contributed by atoms with van der Waals surface area (Å²) < 4.78 is 0. The van der Waals surface area contributed by atoms with Crippen LogP contribution >= 0.6 is 0 Å². The van der Waals surface area contributed by atoms with Crippen molar-refractivity contribution in [1.29, 1.82) is 0 Å². The second-order valence-electron chi connectivity index (χ2n) is 7.31. The minimum absolute atomic E-state index is 0.130. The summed E-state index contributed by atoms with van der Waals surface area (Å²) >= 11 is 0. The Kier molecular flexibility index (Phi) is 9.61. The van der Waals surface area contributed by atoms with Gasteiger partial charge in [0.05, 0.1) is 10.8 Å². The van der Waals surface area contributed by atoms with E-state index in [0.29, 0.717) is 44.9 Å². The quantitative estimate of drug-likeness (QED) is 0.457. The molecule has 3 unspecified atom stereocenters. The van der Waals surface area contributed by atoms with Gasteiger partial charge in [-0.25, -0.2) is 0 Å². The van der Waals surface area contributed by atoms with Gasteiger partial charge in [0, 0.05) is 0 Å². The van der Waals surface area contributed by atoms with E-state index in [1.165, 1.54) is 0 Å². The molecule has 0 saturated heterocycles. The fraction of sp³-hybridized carbons (Fsp3) is 0.900. The number of aliphatic carboxylic acids is 2. The summed E-state index contributed by atoms with van der Waals surface area (Å²) in [5.74, 6) is -1.79. The van der Waals surface area contributed by atoms with Crippen LogP contribution in [0.25, 0.3) is 0 Å². The van der Waals surface area contributed by atoms with Crippen molar-refractivity contribution in [2.75, 3.05) is 0 Å². The summed E-state index contributed by atoms with van der Waals surface area (Å²) in [4.78, 5) is 25.2. The van der Waals surface area contributed by atoms with Crippen molar-refractivity contribution < 1.29 is 19.8 Å². The number of hydrogen-bond donors (Lipinski definition) is 2. The molecule has 0 saturated carbocycles. The van der Waals surface area contributed by atoms with E-state index in [-0.39, 0.29) is 11.8 Å². The Bertz CT molecular complexity index is 398. The smallest absolute Gasteiger partial charge is 0.311 e. The van der Waals surface area contributed by atoms with Gasteiger partial charge in [-0.3, -0.25) is 9.59 Å². The molecule has 3 atom stereocenters. The maximum Gasteiger partial charge on any atom is 0.311 e. The highest BCUT2D eigenvalue weighted by Gasteiger charge is 2.63. The molecule has 0 aliphatic rings. The van der Waals surface area contributed by atoms with Crippen molar-refractivity contribution >= 4 is 11.9 Å². The lowest BCUT2D eigenvalue weighted by atomic mass is 9.49. The summed E-state index contributed by atoms with van der Waals surface area (Å²) in [6.07, 6.45) is 4.89. The molecule has 0 aromatic rings. The molecule has 0 bridgehead atoms. The lowest BCUT2D eigenvalue weighted by Gasteiger charge is -2.51. The molecule has 0 rings (SSSR count). The van der Waals surface area contributed by atoms with E-state index in [1.807, 2.05) is 27.7 Å². The Morgan fingerprint density at radius 2 is 1.25 bits per heavy atom. The summed E-state index contributed by atoms with van der Waals surface area (Å²) in [7, 11) is 0. The van der Waals surface area contributed by atoms with Gasteiger partial charge in [0.2, 0.25) is 0 Å². The molecule has 2 N–H and O–H groups in total. The molecule has 0 fully saturated rings. The predicted molar refractivity (Wildman–Crippen MR) is 98.1 cm³/mol. The van der Waals surface area contributed by atoms with Gasteiger partial charge in [-0.1, -0.05) is 73.6 Å². The molecule has 24 heavy (non-hydrogen) atoms. The maximum absolute atomic E-state index is 12.7. The first-order chi connectivity index (χ1) is 11.2. The van der Waals surface area contributed by atoms with Gasteiger partial charge >= 0.3 is 11.9 Å². The van der Waals surface area contributed by atoms with E-state index < -0.39 is 22.8 Å². The van der Waals surface area contributed by atoms with E-state index in [9.17, 15) is 19.8 Å². The number of carbonyl (C=O) groups is 2. The van der Waals surface area contributed by atoms with Crippen LogP contribution in [0.1, 0.15) is 92.9 Å². The molecular weight excluding hydrogens is 304 g/mol. The highest BCUT2D eigenvalue weighted by Crippen LogP contribution is 2.57. The largest absolute Gasteiger partial charge is 0.481 e. The second-order valence-corrected chi connectivity index (χ2v) is 7.31. The predicted octanol–water partition coefficient (Wildman–Crippen LogP) is 5.60. The first kappa shape index (κ1) is 22.9. The minimum atomic E-state index is -1.20. The van der Waals surface area contributed by atoms with Gasteiger partial charge in [0.1, 0.15) is 0 Å². The van der Waals surface area contributed by atoms with E-state index in [0.717, 1.165) is 6.42 Å². The lowest BCUT2D eigenvalue weighted by molar-refractivity contribution is -0.188. The van der Waals surface area contributed by atoms with Gasteiger partial charge in [0.25, 0.3) is 0 Å². The molecule has 4 heteroatoms. The van der Waals surface area contributed by atoms with Gasteiger partial charge in [-0.05, 0) is 31.1 Å². The van der Waals surface area contributed by atoms with E-state index in [1.54, 1.807) is 0 Å². The average molecular weight is 343 g/mol. The molecule has 0 heterocycles. The number of carboxylic acid groups (broad SMARTS) is 2. The third-order valence-corrected chi connectivity index (χ3v) is 6.05. The molecule has 0 amide bonds. The van der Waals surface area contributed by atoms with Crippen LogP contribution in [-0.4, -0.2) is 22.2 Å². The molecule has 0 aliphatic carbocycles. The van der Waals surface area contributed by atoms with Gasteiger partial charge in [0.15, 0.2) is 0 Å². The summed E-state index contributed by atoms with van der Waals surface area (Å²) in [6.45, 7) is 12.0. The second kappa shape index (κ2) is 10.0. The molecular formula is C20H38O4. The maximum atomic E-state index is 12.7. The monoisotopic (exact) mass is 342 g/mol. The number of hydrogen-bond acceptors (Lipinski definition) is 2. The number of rotatable bonds is 13. The van der Waals surface area contributed by atoms with E-state index in [2.05, 4.69) is 13.8 Å². The van der Waals surface area contributed by atoms with Crippen molar-refractivity contribution in [1.82, 2.24) is 0 Å². The standard InChI is InChI=1S/C20H38O4/c1-7-12-19(13-8-2,17(21)22)20(14-9-3,18(23)24)16(11-5)15(6)10-4/h15-16H,7-14H2,1-6H3,(H,21,22)(H,23,24). The Balaban J connectivity index is 6.69. The molecule has 0 aliphatic heterocycles. The van der Waals surface area contributed by atoms with E-state index >= 15 is 0 Å². The fourth-order valence-electron chi connectivity index (χ4n) is 4.99. The van der Waals surface area contributed by atoms with Crippen molar-refractivity contribution in [3.63, 3.8) is 0 Å². The van der Waals surface area contributed by atoms with Gasteiger partial charge < -0.3 is 10.2 Å². The van der Waals surface area contributed by atoms with Crippen LogP contribution in [0.3, 0.4) is 0 Å². The molecule has 0 radical (unpaired) electrons. The van der Waals surface area contributed by atoms with Crippen molar-refractivity contribution in [2.24, 2.45) is 22.7 Å². The van der Waals surface area contributed by atoms with Gasteiger partial charge in [-0.2, -0.15) is 0 Å². The summed E-state index contributed by atoms with van der Waals surface area (Å²) in [6, 6.07) is 0. The molecule has 0 spiro atoms. The summed E-state index contributed by atoms with van der Waals surface area (Å²) in [5, 5.41) is 20.6. The van der Waals surface area contributed by atoms with Crippen molar-refractivity contribution in [2.45, 2.75) is 92.9 Å². The van der Waals surface area contributed by atoms with Crippen LogP contribution in [0.5, 0.6) is 0 Å². The first-order valence-electron chi connectivity index (χ1n) is 9.72. The lowest BCUT2D eigenvalue weighted by Crippen LogP contribution is -2.58. The Morgan fingerprint density at radius 1 is 0.792 bits per heavy atom. The third-order valence-electron chi connectivity index (χ3n) is 6.05. The molecule has 0 aromatic heterocycles. The van der Waals surface area contributed by atoms with Crippen LogP contribution < -0.4 is 0 Å². The summed E-state index contributed by atoms with van der Waals surface area (Å²) in [5.41, 5.74) is -2.40. The molecule has 0 aromatic carbocycles. The van der Waals surface area contributed by atoms with E-state index in [4.69, 9.17) is 0 Å². The van der Waals surface area contributed by atoms with Crippen LogP contribution in [0.4, 0.5) is 0 Å². The Hall–Kier alpha value is -1.06. The van der Waals surface area contributed by atoms with Crippen molar-refractivity contribution in [3.8, 4) is 0 Å². The zero-order valence-electron chi connectivity index (χ0n) is 16.5. The average Bonchev–Trinajstić information content (AvgIpc) is 2.53. The van der Waals surface area contributed by atoms with Crippen LogP contribution in [0.15, 0.2) is 0 Å². The minimum Gasteiger partial charge on any atom is -0.481 e. The zero-order valence-corrected chi connectivity index (χ0v) is 16.5. The SMILES string of the molecule is CCCC(CCC)(C(=O)O)C(CCC)(C(=O)O)C(CC)C(C)CC. The first-order valence-corrected chi connectivity index (χ1v) is 9.72. The fourth-order valence-corrected chi connectivity index (χ4v) is 4.99. The van der Waals surface area contributed by atoms with Crippen LogP contribution in [0, 0.1) is 22.7 Å². The molecule has 142 valence electrons. The van der Waals surface area contributed by atoms with Crippen LogP contribution in [0.2, 0.25) is 0 Å². The van der Waals surface area contributed by atoms with Gasteiger partial charge in [-0.15, -0.1) is 0 Å². The Labute approximate surface area is 148 Å². The Morgan fingerprint density at radius 3 is 1.50 bits per heavy atom.